The van der Waals surface area contributed by atoms with Gasteiger partial charge in [-0.15, -0.1) is 0 Å². The normalized spacial score (nSPS) is 20.2. The first kappa shape index (κ1) is 12.7. The minimum absolute atomic E-state index is 0.615. The van der Waals surface area contributed by atoms with Crippen molar-refractivity contribution in [2.24, 2.45) is 5.92 Å². The number of hydrogen-bond donors (Lipinski definition) is 2. The third-order valence-corrected chi connectivity index (χ3v) is 2.67. The first-order valence-corrected chi connectivity index (χ1v) is 5.82. The van der Waals surface area contributed by atoms with Gasteiger partial charge in [-0.3, -0.25) is 0 Å². The molecule has 0 aromatic carbocycles. The molecule has 1 aliphatic heterocycles. The number of hydrogen-bond acceptors (Lipinski definition) is 3. The van der Waals surface area contributed by atoms with Crippen molar-refractivity contribution in [2.75, 3.05) is 40.0 Å². The maximum atomic E-state index is 5.28. The van der Waals surface area contributed by atoms with Crippen LogP contribution >= 0.6 is 12.2 Å². The first-order chi connectivity index (χ1) is 7.33. The average molecular weight is 232 g/mol. The van der Waals surface area contributed by atoms with Crippen molar-refractivity contribution in [3.63, 3.8) is 0 Å². The van der Waals surface area contributed by atoms with E-state index in [2.05, 4.69) is 10.6 Å². The molecule has 15 heavy (non-hydrogen) atoms. The van der Waals surface area contributed by atoms with Gasteiger partial charge in [0.2, 0.25) is 0 Å². The summed E-state index contributed by atoms with van der Waals surface area (Å²) in [5, 5.41) is 7.08. The molecule has 1 saturated heterocycles. The van der Waals surface area contributed by atoms with E-state index in [9.17, 15) is 0 Å². The summed E-state index contributed by atoms with van der Waals surface area (Å²) in [6.45, 7) is 4.29. The molecular weight excluding hydrogens is 212 g/mol. The van der Waals surface area contributed by atoms with Crippen molar-refractivity contribution in [3.8, 4) is 0 Å². The Morgan fingerprint density at radius 2 is 2.40 bits per heavy atom. The molecule has 0 saturated carbocycles. The van der Waals surface area contributed by atoms with Gasteiger partial charge in [0.05, 0.1) is 6.61 Å². The van der Waals surface area contributed by atoms with Crippen molar-refractivity contribution in [3.05, 3.63) is 0 Å². The molecule has 0 radical (unpaired) electrons. The number of nitrogens with one attached hydrogen (secondary N) is 2. The van der Waals surface area contributed by atoms with Crippen LogP contribution in [0.2, 0.25) is 0 Å². The Bertz CT molecular complexity index is 184. The maximum absolute atomic E-state index is 5.28. The third-order valence-electron chi connectivity index (χ3n) is 2.39. The van der Waals surface area contributed by atoms with E-state index >= 15 is 0 Å². The summed E-state index contributed by atoms with van der Waals surface area (Å²) in [7, 11) is 1.71. The molecule has 1 unspecified atom stereocenters. The molecule has 0 bridgehead atoms. The number of rotatable bonds is 6. The number of ether oxygens (including phenoxy) is 2. The zero-order valence-corrected chi connectivity index (χ0v) is 10.1. The lowest BCUT2D eigenvalue weighted by Gasteiger charge is -2.12. The monoisotopic (exact) mass is 232 g/mol. The van der Waals surface area contributed by atoms with Crippen molar-refractivity contribution in [2.45, 2.75) is 12.8 Å². The van der Waals surface area contributed by atoms with Gasteiger partial charge in [-0.1, -0.05) is 0 Å². The average Bonchev–Trinajstić information content (AvgIpc) is 2.74. The van der Waals surface area contributed by atoms with Crippen LogP contribution in [0.5, 0.6) is 0 Å². The topological polar surface area (TPSA) is 42.5 Å². The van der Waals surface area contributed by atoms with E-state index in [0.717, 1.165) is 50.9 Å². The van der Waals surface area contributed by atoms with E-state index < -0.39 is 0 Å². The molecule has 5 heteroatoms. The summed E-state index contributed by atoms with van der Waals surface area (Å²) >= 11 is 5.13. The molecule has 1 rings (SSSR count). The van der Waals surface area contributed by atoms with Gasteiger partial charge in [0, 0.05) is 39.3 Å². The van der Waals surface area contributed by atoms with Gasteiger partial charge in [0.25, 0.3) is 0 Å². The van der Waals surface area contributed by atoms with Crippen LogP contribution in [-0.4, -0.2) is 45.1 Å². The van der Waals surface area contributed by atoms with Crippen LogP contribution < -0.4 is 10.6 Å². The van der Waals surface area contributed by atoms with E-state index in [4.69, 9.17) is 21.7 Å². The second kappa shape index (κ2) is 7.84. The fourth-order valence-electron chi connectivity index (χ4n) is 1.46. The molecule has 0 amide bonds. The first-order valence-electron chi connectivity index (χ1n) is 5.41. The van der Waals surface area contributed by atoms with E-state index in [-0.39, 0.29) is 0 Å². The molecule has 1 aliphatic rings. The van der Waals surface area contributed by atoms with Gasteiger partial charge in [0.15, 0.2) is 5.11 Å². The number of thiocarbonyl (C=S) groups is 1. The van der Waals surface area contributed by atoms with Crippen molar-refractivity contribution >= 4 is 17.3 Å². The SMILES string of the molecule is COCCCNC(=S)NCC1CCOC1. The van der Waals surface area contributed by atoms with Gasteiger partial charge in [0.1, 0.15) is 0 Å². The summed E-state index contributed by atoms with van der Waals surface area (Å²) in [6, 6.07) is 0. The fourth-order valence-corrected chi connectivity index (χ4v) is 1.65. The molecular formula is C10H20N2O2S. The fraction of sp³-hybridized carbons (Fsp3) is 0.900. The van der Waals surface area contributed by atoms with Crippen LogP contribution in [0.4, 0.5) is 0 Å². The minimum atomic E-state index is 0.615. The predicted octanol–water partition coefficient (Wildman–Crippen LogP) is 0.523. The van der Waals surface area contributed by atoms with Crippen molar-refractivity contribution in [1.82, 2.24) is 10.6 Å². The molecule has 1 atom stereocenters. The van der Waals surface area contributed by atoms with E-state index in [1.807, 2.05) is 0 Å². The van der Waals surface area contributed by atoms with Crippen LogP contribution in [0.3, 0.4) is 0 Å². The second-order valence-electron chi connectivity index (χ2n) is 3.71. The quantitative estimate of drug-likeness (QED) is 0.516. The zero-order valence-electron chi connectivity index (χ0n) is 9.25. The standard InChI is InChI=1S/C10H20N2O2S/c1-13-5-2-4-11-10(15)12-7-9-3-6-14-8-9/h9H,2-8H2,1H3,(H2,11,12,15). The van der Waals surface area contributed by atoms with E-state index in [1.54, 1.807) is 7.11 Å². The summed E-state index contributed by atoms with van der Waals surface area (Å²) < 4.78 is 10.2. The Hall–Kier alpha value is -0.390. The Morgan fingerprint density at radius 3 is 3.07 bits per heavy atom. The summed E-state index contributed by atoms with van der Waals surface area (Å²) in [5.74, 6) is 0.615. The highest BCUT2D eigenvalue weighted by Crippen LogP contribution is 2.10. The van der Waals surface area contributed by atoms with Gasteiger partial charge in [-0.05, 0) is 25.1 Å². The smallest absolute Gasteiger partial charge is 0.166 e. The highest BCUT2D eigenvalue weighted by atomic mass is 32.1. The molecule has 0 spiro atoms. The molecule has 2 N–H and O–H groups in total. The van der Waals surface area contributed by atoms with Crippen molar-refractivity contribution in [1.29, 1.82) is 0 Å². The Balaban J connectivity index is 1.93. The van der Waals surface area contributed by atoms with E-state index in [0.29, 0.717) is 5.92 Å². The molecule has 1 heterocycles. The van der Waals surface area contributed by atoms with Gasteiger partial charge in [-0.2, -0.15) is 0 Å². The van der Waals surface area contributed by atoms with Crippen LogP contribution in [0.25, 0.3) is 0 Å². The van der Waals surface area contributed by atoms with Gasteiger partial charge >= 0.3 is 0 Å². The molecule has 0 aliphatic carbocycles. The lowest BCUT2D eigenvalue weighted by molar-refractivity contribution is 0.186. The van der Waals surface area contributed by atoms with Crippen LogP contribution in [0, 0.1) is 5.92 Å². The second-order valence-corrected chi connectivity index (χ2v) is 4.12. The molecule has 88 valence electrons. The van der Waals surface area contributed by atoms with Crippen LogP contribution in [-0.2, 0) is 9.47 Å². The zero-order chi connectivity index (χ0) is 10.9. The Morgan fingerprint density at radius 1 is 1.53 bits per heavy atom. The maximum Gasteiger partial charge on any atom is 0.166 e. The van der Waals surface area contributed by atoms with Gasteiger partial charge in [-0.25, -0.2) is 0 Å². The highest BCUT2D eigenvalue weighted by Gasteiger charge is 2.15. The lowest BCUT2D eigenvalue weighted by Crippen LogP contribution is -2.38. The molecule has 4 nitrogen and oxygen atoms in total. The number of methoxy groups -OCH3 is 1. The minimum Gasteiger partial charge on any atom is -0.385 e. The molecule has 1 fully saturated rings. The van der Waals surface area contributed by atoms with Crippen LogP contribution in [0.15, 0.2) is 0 Å². The predicted molar refractivity (Wildman–Crippen MR) is 64.0 cm³/mol. The Labute approximate surface area is 96.7 Å². The molecule has 0 aromatic rings. The highest BCUT2D eigenvalue weighted by molar-refractivity contribution is 7.80. The summed E-state index contributed by atoms with van der Waals surface area (Å²) in [4.78, 5) is 0. The third kappa shape index (κ3) is 5.92. The summed E-state index contributed by atoms with van der Waals surface area (Å²) in [6.07, 6.45) is 2.12. The largest absolute Gasteiger partial charge is 0.385 e. The Kier molecular flexibility index (Phi) is 6.63. The summed E-state index contributed by atoms with van der Waals surface area (Å²) in [5.41, 5.74) is 0. The van der Waals surface area contributed by atoms with E-state index in [1.165, 1.54) is 0 Å². The lowest BCUT2D eigenvalue weighted by atomic mass is 10.1. The van der Waals surface area contributed by atoms with Crippen LogP contribution in [0.1, 0.15) is 12.8 Å². The van der Waals surface area contributed by atoms with Crippen molar-refractivity contribution < 1.29 is 9.47 Å². The van der Waals surface area contributed by atoms with Gasteiger partial charge < -0.3 is 20.1 Å². The molecule has 0 aromatic heterocycles.